The number of rotatable bonds is 4. The quantitative estimate of drug-likeness (QED) is 0.866. The molecular weight excluding hydrogens is 276 g/mol. The van der Waals surface area contributed by atoms with Crippen LogP contribution >= 0.6 is 11.6 Å². The highest BCUT2D eigenvalue weighted by atomic mass is 35.5. The lowest BCUT2D eigenvalue weighted by Crippen LogP contribution is -2.25. The number of benzene rings is 1. The summed E-state index contributed by atoms with van der Waals surface area (Å²) in [6.07, 6.45) is 4.29. The minimum absolute atomic E-state index is 0.0444. The van der Waals surface area contributed by atoms with Crippen molar-refractivity contribution in [2.45, 2.75) is 39.5 Å². The van der Waals surface area contributed by atoms with E-state index < -0.39 is 0 Å². The number of aryl methyl sites for hydroxylation is 2. The maximum atomic E-state index is 11.6. The molecule has 1 aliphatic rings. The minimum atomic E-state index is -0.241. The molecule has 4 nitrogen and oxygen atoms in total. The van der Waals surface area contributed by atoms with Crippen molar-refractivity contribution in [3.8, 4) is 5.75 Å². The first-order valence-corrected chi connectivity index (χ1v) is 7.18. The summed E-state index contributed by atoms with van der Waals surface area (Å²) in [6.45, 7) is 3.78. The third-order valence-corrected chi connectivity index (χ3v) is 3.90. The van der Waals surface area contributed by atoms with Crippen molar-refractivity contribution < 1.29 is 9.53 Å². The second-order valence-corrected chi connectivity index (χ2v) is 5.46. The number of carbonyl (C=O) groups is 1. The van der Waals surface area contributed by atoms with Crippen LogP contribution in [0, 0.1) is 13.8 Å². The summed E-state index contributed by atoms with van der Waals surface area (Å²) in [5.41, 5.74) is 5.48. The lowest BCUT2D eigenvalue weighted by molar-refractivity contribution is -0.123. The van der Waals surface area contributed by atoms with Crippen LogP contribution in [-0.2, 0) is 4.79 Å². The summed E-state index contributed by atoms with van der Waals surface area (Å²) in [7, 11) is 0. The highest BCUT2D eigenvalue weighted by Gasteiger charge is 2.09. The summed E-state index contributed by atoms with van der Waals surface area (Å²) >= 11 is 6.08. The van der Waals surface area contributed by atoms with Crippen LogP contribution in [0.3, 0.4) is 0 Å². The molecule has 1 amide bonds. The molecular formula is C15H19ClN2O2. The first kappa shape index (κ1) is 14.9. The molecule has 2 rings (SSSR count). The van der Waals surface area contributed by atoms with Crippen LogP contribution < -0.4 is 10.2 Å². The molecule has 1 aromatic carbocycles. The number of ether oxygens (including phenoxy) is 1. The standard InChI is InChI=1S/C15H19ClN2O2/c1-10-7-13(8-11(2)15(10)16)20-9-14(19)18-17-12-5-3-4-6-12/h7-8H,3-6,9H2,1-2H3,(H,18,19). The minimum Gasteiger partial charge on any atom is -0.484 e. The van der Waals surface area contributed by atoms with Gasteiger partial charge in [-0.2, -0.15) is 5.10 Å². The molecule has 0 bridgehead atoms. The van der Waals surface area contributed by atoms with Crippen molar-refractivity contribution in [2.75, 3.05) is 6.61 Å². The predicted octanol–water partition coefficient (Wildman–Crippen LogP) is 3.38. The van der Waals surface area contributed by atoms with Gasteiger partial charge in [0.15, 0.2) is 6.61 Å². The lowest BCUT2D eigenvalue weighted by atomic mass is 10.1. The Balaban J connectivity index is 1.85. The third kappa shape index (κ3) is 3.97. The van der Waals surface area contributed by atoms with Gasteiger partial charge in [0.05, 0.1) is 0 Å². The van der Waals surface area contributed by atoms with Crippen LogP contribution in [0.5, 0.6) is 5.75 Å². The van der Waals surface area contributed by atoms with E-state index in [1.807, 2.05) is 26.0 Å². The van der Waals surface area contributed by atoms with Crippen molar-refractivity contribution in [3.63, 3.8) is 0 Å². The van der Waals surface area contributed by atoms with E-state index in [1.54, 1.807) is 0 Å². The number of halogens is 1. The monoisotopic (exact) mass is 294 g/mol. The van der Waals surface area contributed by atoms with E-state index in [9.17, 15) is 4.79 Å². The second kappa shape index (κ2) is 6.75. The fourth-order valence-corrected chi connectivity index (χ4v) is 2.32. The fourth-order valence-electron chi connectivity index (χ4n) is 2.21. The summed E-state index contributed by atoms with van der Waals surface area (Å²) in [5.74, 6) is 0.405. The van der Waals surface area contributed by atoms with E-state index in [-0.39, 0.29) is 12.5 Å². The van der Waals surface area contributed by atoms with Crippen LogP contribution in [0.4, 0.5) is 0 Å². The smallest absolute Gasteiger partial charge is 0.277 e. The molecule has 1 N–H and O–H groups in total. The van der Waals surface area contributed by atoms with Crippen molar-refractivity contribution in [1.29, 1.82) is 0 Å². The Morgan fingerprint density at radius 3 is 2.50 bits per heavy atom. The van der Waals surface area contributed by atoms with Crippen LogP contribution in [-0.4, -0.2) is 18.2 Å². The Kier molecular flexibility index (Phi) is 5.01. The average molecular weight is 295 g/mol. The van der Waals surface area contributed by atoms with E-state index in [0.717, 1.165) is 47.5 Å². The van der Waals surface area contributed by atoms with E-state index >= 15 is 0 Å². The number of hydrogen-bond acceptors (Lipinski definition) is 3. The maximum Gasteiger partial charge on any atom is 0.277 e. The summed E-state index contributed by atoms with van der Waals surface area (Å²) < 4.78 is 5.46. The predicted molar refractivity (Wildman–Crippen MR) is 80.5 cm³/mol. The molecule has 0 radical (unpaired) electrons. The number of amides is 1. The van der Waals surface area contributed by atoms with Gasteiger partial charge in [0.1, 0.15) is 5.75 Å². The zero-order valence-corrected chi connectivity index (χ0v) is 12.6. The zero-order valence-electron chi connectivity index (χ0n) is 11.8. The van der Waals surface area contributed by atoms with E-state index in [2.05, 4.69) is 10.5 Å². The van der Waals surface area contributed by atoms with Gasteiger partial charge in [0.25, 0.3) is 5.91 Å². The van der Waals surface area contributed by atoms with Crippen molar-refractivity contribution in [2.24, 2.45) is 5.10 Å². The van der Waals surface area contributed by atoms with Gasteiger partial charge in [0.2, 0.25) is 0 Å². The summed E-state index contributed by atoms with van der Waals surface area (Å²) in [5, 5.41) is 4.83. The summed E-state index contributed by atoms with van der Waals surface area (Å²) in [6, 6.07) is 3.65. The van der Waals surface area contributed by atoms with Crippen LogP contribution in [0.25, 0.3) is 0 Å². The number of hydrogen-bond donors (Lipinski definition) is 1. The van der Waals surface area contributed by atoms with E-state index in [4.69, 9.17) is 16.3 Å². The zero-order chi connectivity index (χ0) is 14.5. The number of carbonyl (C=O) groups excluding carboxylic acids is 1. The Morgan fingerprint density at radius 1 is 1.30 bits per heavy atom. The number of nitrogens with one attached hydrogen (secondary N) is 1. The largest absolute Gasteiger partial charge is 0.484 e. The average Bonchev–Trinajstić information content (AvgIpc) is 2.93. The normalized spacial score (nSPS) is 14.2. The molecule has 1 saturated carbocycles. The van der Waals surface area contributed by atoms with Gasteiger partial charge >= 0.3 is 0 Å². The number of nitrogens with zero attached hydrogens (tertiary/aromatic N) is 1. The Bertz CT molecular complexity index is 510. The SMILES string of the molecule is Cc1cc(OCC(=O)NN=C2CCCC2)cc(C)c1Cl. The molecule has 1 aromatic rings. The van der Waals surface area contributed by atoms with Crippen molar-refractivity contribution in [3.05, 3.63) is 28.3 Å². The highest BCUT2D eigenvalue weighted by molar-refractivity contribution is 6.32. The Hall–Kier alpha value is -1.55. The van der Waals surface area contributed by atoms with Crippen LogP contribution in [0.1, 0.15) is 36.8 Å². The van der Waals surface area contributed by atoms with Crippen LogP contribution in [0.2, 0.25) is 5.02 Å². The van der Waals surface area contributed by atoms with Gasteiger partial charge in [-0.25, -0.2) is 5.43 Å². The molecule has 108 valence electrons. The van der Waals surface area contributed by atoms with Gasteiger partial charge in [0, 0.05) is 10.7 Å². The van der Waals surface area contributed by atoms with Gasteiger partial charge in [-0.1, -0.05) is 11.6 Å². The molecule has 1 aliphatic carbocycles. The molecule has 1 fully saturated rings. The lowest BCUT2D eigenvalue weighted by Gasteiger charge is -2.09. The first-order valence-electron chi connectivity index (χ1n) is 6.80. The Morgan fingerprint density at radius 2 is 1.90 bits per heavy atom. The molecule has 0 spiro atoms. The van der Waals surface area contributed by atoms with Gasteiger partial charge in [-0.05, 0) is 62.8 Å². The van der Waals surface area contributed by atoms with Crippen LogP contribution in [0.15, 0.2) is 17.2 Å². The van der Waals surface area contributed by atoms with Crippen molar-refractivity contribution in [1.82, 2.24) is 5.43 Å². The molecule has 5 heteroatoms. The topological polar surface area (TPSA) is 50.7 Å². The highest BCUT2D eigenvalue weighted by Crippen LogP contribution is 2.25. The fraction of sp³-hybridized carbons (Fsp3) is 0.467. The molecule has 0 aromatic heterocycles. The molecule has 0 unspecified atom stereocenters. The van der Waals surface area contributed by atoms with Crippen molar-refractivity contribution >= 4 is 23.2 Å². The Labute approximate surface area is 124 Å². The molecule has 0 saturated heterocycles. The third-order valence-electron chi connectivity index (χ3n) is 3.30. The maximum absolute atomic E-state index is 11.6. The van der Waals surface area contributed by atoms with Gasteiger partial charge in [-0.3, -0.25) is 4.79 Å². The second-order valence-electron chi connectivity index (χ2n) is 5.08. The van der Waals surface area contributed by atoms with E-state index in [0.29, 0.717) is 5.75 Å². The first-order chi connectivity index (χ1) is 9.56. The van der Waals surface area contributed by atoms with Gasteiger partial charge < -0.3 is 4.74 Å². The molecule has 0 heterocycles. The van der Waals surface area contributed by atoms with E-state index in [1.165, 1.54) is 0 Å². The molecule has 0 aliphatic heterocycles. The molecule has 0 atom stereocenters. The molecule has 20 heavy (non-hydrogen) atoms. The summed E-state index contributed by atoms with van der Waals surface area (Å²) in [4.78, 5) is 11.6. The number of hydrazone groups is 1. The van der Waals surface area contributed by atoms with Gasteiger partial charge in [-0.15, -0.1) is 0 Å².